The van der Waals surface area contributed by atoms with Crippen molar-refractivity contribution < 1.29 is 13.3 Å². The summed E-state index contributed by atoms with van der Waals surface area (Å²) >= 11 is 0. The molecule has 0 saturated heterocycles. The first-order valence-electron chi connectivity index (χ1n) is 12.5. The van der Waals surface area contributed by atoms with Crippen molar-refractivity contribution in [2.24, 2.45) is 0 Å². The molecule has 3 N–H and O–H groups in total. The van der Waals surface area contributed by atoms with Crippen LogP contribution in [0.4, 0.5) is 0 Å². The van der Waals surface area contributed by atoms with E-state index >= 15 is 0 Å². The summed E-state index contributed by atoms with van der Waals surface area (Å²) in [6, 6.07) is 11.7. The molecule has 3 aromatic heterocycles. The van der Waals surface area contributed by atoms with E-state index in [0.717, 1.165) is 81.4 Å². The maximum atomic E-state index is 8.78. The van der Waals surface area contributed by atoms with E-state index < -0.39 is 0 Å². The molecule has 36 heavy (non-hydrogen) atoms. The third-order valence-electron chi connectivity index (χ3n) is 6.28. The first kappa shape index (κ1) is 25.5. The molecule has 7 nitrogen and oxygen atoms in total. The topological polar surface area (TPSA) is 99.3 Å². The normalized spacial score (nSPS) is 17.6. The van der Waals surface area contributed by atoms with Gasteiger partial charge in [0.05, 0.1) is 24.4 Å². The van der Waals surface area contributed by atoms with E-state index in [2.05, 4.69) is 41.1 Å². The molecule has 0 fully saturated rings. The summed E-state index contributed by atoms with van der Waals surface area (Å²) in [6.07, 6.45) is 12.6. The molecule has 0 amide bonds. The van der Waals surface area contributed by atoms with Crippen molar-refractivity contribution in [3.05, 3.63) is 89.7 Å². The molecule has 0 atom stereocenters. The summed E-state index contributed by atoms with van der Waals surface area (Å²) < 4.78 is 15.9. The minimum atomic E-state index is 0.620. The van der Waals surface area contributed by atoms with Gasteiger partial charge in [-0.1, -0.05) is 17.7 Å². The van der Waals surface area contributed by atoms with E-state index in [9.17, 15) is 0 Å². The van der Waals surface area contributed by atoms with Gasteiger partial charge in [-0.2, -0.15) is 5.26 Å². The number of hydrogen-bond donors (Lipinski definition) is 3. The third-order valence-corrected chi connectivity index (χ3v) is 6.28. The average molecular weight is 487 g/mol. The summed E-state index contributed by atoms with van der Waals surface area (Å²) in [7, 11) is 0. The van der Waals surface area contributed by atoms with Crippen LogP contribution in [0.1, 0.15) is 49.0 Å². The molecule has 0 spiro atoms. The Morgan fingerprint density at radius 1 is 0.750 bits per heavy atom. The summed E-state index contributed by atoms with van der Waals surface area (Å²) in [5, 5.41) is 18.6. The third kappa shape index (κ3) is 6.98. The van der Waals surface area contributed by atoms with E-state index in [-0.39, 0.29) is 0 Å². The van der Waals surface area contributed by atoms with Crippen LogP contribution in [0.5, 0.6) is 0 Å². The number of nitrogens with zero attached hydrogens (tertiary/aromatic N) is 1. The lowest BCUT2D eigenvalue weighted by atomic mass is 10.0. The molecule has 3 aromatic rings. The van der Waals surface area contributed by atoms with Gasteiger partial charge in [0, 0.05) is 36.4 Å². The molecule has 0 aliphatic carbocycles. The maximum absolute atomic E-state index is 8.78. The molecule has 6 heterocycles. The molecule has 0 saturated carbocycles. The molecular formula is C29H34N4O3. The Morgan fingerprint density at radius 3 is 2.00 bits per heavy atom. The summed E-state index contributed by atoms with van der Waals surface area (Å²) in [5.41, 5.74) is 5.76. The molecule has 0 unspecified atom stereocenters. The first-order chi connectivity index (χ1) is 17.8. The van der Waals surface area contributed by atoms with E-state index in [4.69, 9.17) is 18.5 Å². The average Bonchev–Trinajstić information content (AvgIpc) is 3.74. The van der Waals surface area contributed by atoms with Crippen LogP contribution in [-0.4, -0.2) is 39.3 Å². The SMILES string of the molecule is C1=C(c2ccco2)CNCC1.CC1=C(c2ccco2)CNCC1.N#Cc1ccoc1C1=CCCNC1. The highest BCUT2D eigenvalue weighted by Gasteiger charge is 2.13. The Labute approximate surface area is 212 Å². The van der Waals surface area contributed by atoms with Crippen LogP contribution in [0.25, 0.3) is 16.7 Å². The molecule has 0 aromatic carbocycles. The van der Waals surface area contributed by atoms with Crippen molar-refractivity contribution in [1.29, 1.82) is 5.26 Å². The Balaban J connectivity index is 0.000000127. The van der Waals surface area contributed by atoms with Gasteiger partial charge in [-0.05, 0) is 76.2 Å². The predicted octanol–water partition coefficient (Wildman–Crippen LogP) is 5.23. The first-order valence-corrected chi connectivity index (χ1v) is 12.5. The number of nitrogens with one attached hydrogen (secondary N) is 3. The fourth-order valence-corrected chi connectivity index (χ4v) is 4.29. The van der Waals surface area contributed by atoms with Crippen LogP contribution in [0, 0.1) is 11.3 Å². The lowest BCUT2D eigenvalue weighted by molar-refractivity contribution is 0.545. The van der Waals surface area contributed by atoms with Gasteiger partial charge in [0.2, 0.25) is 0 Å². The highest BCUT2D eigenvalue weighted by molar-refractivity contribution is 5.68. The number of hydrogen-bond acceptors (Lipinski definition) is 7. The van der Waals surface area contributed by atoms with Crippen LogP contribution in [0.3, 0.4) is 0 Å². The van der Waals surface area contributed by atoms with Crippen molar-refractivity contribution in [2.75, 3.05) is 39.3 Å². The Kier molecular flexibility index (Phi) is 9.57. The van der Waals surface area contributed by atoms with Crippen LogP contribution >= 0.6 is 0 Å². The van der Waals surface area contributed by atoms with Gasteiger partial charge in [-0.3, -0.25) is 0 Å². The largest absolute Gasteiger partial charge is 0.465 e. The van der Waals surface area contributed by atoms with Crippen LogP contribution < -0.4 is 16.0 Å². The summed E-state index contributed by atoms with van der Waals surface area (Å²) in [6.45, 7) is 8.04. The molecular weight excluding hydrogens is 452 g/mol. The monoisotopic (exact) mass is 486 g/mol. The van der Waals surface area contributed by atoms with Gasteiger partial charge in [0.25, 0.3) is 0 Å². The zero-order chi connectivity index (χ0) is 25.0. The van der Waals surface area contributed by atoms with Gasteiger partial charge in [0.15, 0.2) is 0 Å². The van der Waals surface area contributed by atoms with Crippen LogP contribution in [-0.2, 0) is 0 Å². The highest BCUT2D eigenvalue weighted by Crippen LogP contribution is 2.23. The van der Waals surface area contributed by atoms with Crippen LogP contribution in [0.15, 0.2) is 80.1 Å². The second-order valence-electron chi connectivity index (χ2n) is 8.81. The molecule has 0 bridgehead atoms. The van der Waals surface area contributed by atoms with E-state index in [1.165, 1.54) is 16.7 Å². The number of rotatable bonds is 3. The van der Waals surface area contributed by atoms with Gasteiger partial charge in [-0.15, -0.1) is 0 Å². The number of furan rings is 3. The van der Waals surface area contributed by atoms with Crippen molar-refractivity contribution >= 4 is 16.7 Å². The second kappa shape index (κ2) is 13.5. The van der Waals surface area contributed by atoms with Crippen LogP contribution in [0.2, 0.25) is 0 Å². The fourth-order valence-electron chi connectivity index (χ4n) is 4.29. The summed E-state index contributed by atoms with van der Waals surface area (Å²) in [4.78, 5) is 0. The molecule has 3 aliphatic heterocycles. The van der Waals surface area contributed by atoms with Crippen molar-refractivity contribution in [3.8, 4) is 6.07 Å². The lowest BCUT2D eigenvalue weighted by Crippen LogP contribution is -2.23. The van der Waals surface area contributed by atoms with Gasteiger partial charge >= 0.3 is 0 Å². The quantitative estimate of drug-likeness (QED) is 0.466. The molecule has 3 aliphatic rings. The fraction of sp³-hybridized carbons (Fsp3) is 0.345. The minimum absolute atomic E-state index is 0.620. The Bertz CT molecular complexity index is 1210. The van der Waals surface area contributed by atoms with Gasteiger partial charge in [-0.25, -0.2) is 0 Å². The van der Waals surface area contributed by atoms with E-state index in [1.807, 2.05) is 24.3 Å². The molecule has 6 rings (SSSR count). The Hall–Kier alpha value is -3.57. The van der Waals surface area contributed by atoms with Crippen molar-refractivity contribution in [3.63, 3.8) is 0 Å². The Morgan fingerprint density at radius 2 is 1.42 bits per heavy atom. The standard InChI is InChI=1S/C10H10N2O.C10H13NO.C9H11NO/c11-6-8-3-5-13-10(8)9-2-1-4-12-7-9;1-8-4-5-11-7-9(8)10-3-2-6-12-10;1-3-8(7-10-5-1)9-4-2-6-11-9/h2-3,5,12H,1,4,7H2;2-3,6,11H,4-5,7H2,1H3;2-4,6,10H,1,5,7H2. The lowest BCUT2D eigenvalue weighted by Gasteiger charge is -2.16. The van der Waals surface area contributed by atoms with Crippen molar-refractivity contribution in [1.82, 2.24) is 16.0 Å². The zero-order valence-corrected chi connectivity index (χ0v) is 20.8. The molecule has 7 heteroatoms. The minimum Gasteiger partial charge on any atom is -0.465 e. The summed E-state index contributed by atoms with van der Waals surface area (Å²) in [5.74, 6) is 2.73. The second-order valence-corrected chi connectivity index (χ2v) is 8.81. The molecule has 0 radical (unpaired) electrons. The maximum Gasteiger partial charge on any atom is 0.148 e. The highest BCUT2D eigenvalue weighted by atomic mass is 16.3. The number of nitriles is 1. The smallest absolute Gasteiger partial charge is 0.148 e. The van der Waals surface area contributed by atoms with E-state index in [1.54, 1.807) is 24.9 Å². The van der Waals surface area contributed by atoms with E-state index in [0.29, 0.717) is 5.56 Å². The van der Waals surface area contributed by atoms with Gasteiger partial charge < -0.3 is 29.2 Å². The predicted molar refractivity (Wildman–Crippen MR) is 142 cm³/mol. The molecule has 188 valence electrons. The zero-order valence-electron chi connectivity index (χ0n) is 20.8. The van der Waals surface area contributed by atoms with Gasteiger partial charge in [0.1, 0.15) is 23.3 Å². The van der Waals surface area contributed by atoms with Crippen molar-refractivity contribution in [2.45, 2.75) is 26.2 Å².